The molecule has 0 aliphatic carbocycles. The standard InChI is InChI=1S/C5H6O5S/c1-2-3-10-5(6)4-11(7,8)9/h1H,3-4H2,(H,7,8,9). The van der Waals surface area contributed by atoms with Crippen molar-refractivity contribution in [2.75, 3.05) is 12.4 Å². The average molecular weight is 178 g/mol. The lowest BCUT2D eigenvalue weighted by Gasteiger charge is -1.96. The molecule has 11 heavy (non-hydrogen) atoms. The SMILES string of the molecule is C#CCOC(=O)CS(=O)(=O)O. The zero-order chi connectivity index (χ0) is 8.91. The van der Waals surface area contributed by atoms with E-state index in [-0.39, 0.29) is 6.61 Å². The molecule has 0 aliphatic heterocycles. The summed E-state index contributed by atoms with van der Waals surface area (Å²) >= 11 is 0. The van der Waals surface area contributed by atoms with E-state index in [9.17, 15) is 13.2 Å². The van der Waals surface area contributed by atoms with Crippen LogP contribution in [0.4, 0.5) is 0 Å². The number of carbonyl (C=O) groups is 1. The van der Waals surface area contributed by atoms with Gasteiger partial charge in [-0.05, 0) is 0 Å². The van der Waals surface area contributed by atoms with E-state index in [0.717, 1.165) is 0 Å². The minimum absolute atomic E-state index is 0.297. The van der Waals surface area contributed by atoms with Gasteiger partial charge in [-0.3, -0.25) is 9.35 Å². The van der Waals surface area contributed by atoms with Crippen LogP contribution in [0.15, 0.2) is 0 Å². The van der Waals surface area contributed by atoms with Crippen molar-refractivity contribution >= 4 is 16.1 Å². The molecule has 0 radical (unpaired) electrons. The van der Waals surface area contributed by atoms with E-state index in [1.54, 1.807) is 0 Å². The van der Waals surface area contributed by atoms with Gasteiger partial charge in [0, 0.05) is 0 Å². The Bertz CT molecular complexity index is 270. The number of hydrogen-bond acceptors (Lipinski definition) is 4. The molecule has 0 rings (SSSR count). The number of hydrogen-bond donors (Lipinski definition) is 1. The third-order valence-electron chi connectivity index (χ3n) is 0.617. The fourth-order valence-electron chi connectivity index (χ4n) is 0.313. The van der Waals surface area contributed by atoms with Crippen molar-refractivity contribution in [3.8, 4) is 12.3 Å². The summed E-state index contributed by atoms with van der Waals surface area (Å²) in [5.74, 6) is -0.160. The Morgan fingerprint density at radius 1 is 1.64 bits per heavy atom. The lowest BCUT2D eigenvalue weighted by molar-refractivity contribution is -0.139. The Labute approximate surface area is 64.1 Å². The fourth-order valence-corrected chi connectivity index (χ4v) is 0.694. The van der Waals surface area contributed by atoms with E-state index < -0.39 is 21.8 Å². The van der Waals surface area contributed by atoms with Crippen LogP contribution in [0.5, 0.6) is 0 Å². The van der Waals surface area contributed by atoms with Gasteiger partial charge in [-0.25, -0.2) is 0 Å². The highest BCUT2D eigenvalue weighted by molar-refractivity contribution is 7.86. The molecule has 5 nitrogen and oxygen atoms in total. The number of carbonyl (C=O) groups excluding carboxylic acids is 1. The quantitative estimate of drug-likeness (QED) is 0.342. The lowest BCUT2D eigenvalue weighted by Crippen LogP contribution is -2.17. The van der Waals surface area contributed by atoms with Crippen LogP contribution in [0.25, 0.3) is 0 Å². The predicted octanol–water partition coefficient (Wildman–Crippen LogP) is -0.949. The van der Waals surface area contributed by atoms with Crippen molar-refractivity contribution in [1.29, 1.82) is 0 Å². The highest BCUT2D eigenvalue weighted by atomic mass is 32.2. The van der Waals surface area contributed by atoms with Gasteiger partial charge in [-0.1, -0.05) is 5.92 Å². The highest BCUT2D eigenvalue weighted by Crippen LogP contribution is 1.85. The smallest absolute Gasteiger partial charge is 0.324 e. The maximum atomic E-state index is 10.4. The number of esters is 1. The second-order valence-electron chi connectivity index (χ2n) is 1.59. The monoisotopic (exact) mass is 178 g/mol. The third-order valence-corrected chi connectivity index (χ3v) is 1.22. The third kappa shape index (κ3) is 6.83. The molecule has 0 aromatic rings. The summed E-state index contributed by atoms with van der Waals surface area (Å²) in [7, 11) is -4.30. The topological polar surface area (TPSA) is 80.7 Å². The molecule has 0 saturated carbocycles. The highest BCUT2D eigenvalue weighted by Gasteiger charge is 2.12. The Morgan fingerprint density at radius 3 is 2.55 bits per heavy atom. The van der Waals surface area contributed by atoms with Crippen LogP contribution in [0, 0.1) is 12.3 Å². The van der Waals surface area contributed by atoms with Gasteiger partial charge in [0.1, 0.15) is 0 Å². The largest absolute Gasteiger partial charge is 0.452 e. The first-order valence-electron chi connectivity index (χ1n) is 2.50. The van der Waals surface area contributed by atoms with Crippen LogP contribution in [-0.2, 0) is 19.6 Å². The Morgan fingerprint density at radius 2 is 2.18 bits per heavy atom. The van der Waals surface area contributed by atoms with Crippen LogP contribution in [0.2, 0.25) is 0 Å². The van der Waals surface area contributed by atoms with Crippen LogP contribution in [0.3, 0.4) is 0 Å². The summed E-state index contributed by atoms with van der Waals surface area (Å²) in [6.07, 6.45) is 4.70. The van der Waals surface area contributed by atoms with E-state index in [1.807, 2.05) is 5.92 Å². The van der Waals surface area contributed by atoms with Gasteiger partial charge in [-0.2, -0.15) is 8.42 Å². The van der Waals surface area contributed by atoms with Crippen molar-refractivity contribution in [3.63, 3.8) is 0 Å². The zero-order valence-corrected chi connectivity index (χ0v) is 6.30. The Balaban J connectivity index is 3.83. The van der Waals surface area contributed by atoms with Crippen LogP contribution in [-0.4, -0.2) is 31.3 Å². The summed E-state index contributed by atoms with van der Waals surface area (Å²) in [6.45, 7) is -0.297. The molecule has 0 unspecified atom stereocenters. The molecule has 0 heterocycles. The molecule has 0 atom stereocenters. The second-order valence-corrected chi connectivity index (χ2v) is 3.04. The van der Waals surface area contributed by atoms with Gasteiger partial charge in [0.05, 0.1) is 0 Å². The first-order chi connectivity index (χ1) is 4.95. The molecule has 0 fully saturated rings. The fraction of sp³-hybridized carbons (Fsp3) is 0.400. The van der Waals surface area contributed by atoms with E-state index in [0.29, 0.717) is 0 Å². The van der Waals surface area contributed by atoms with E-state index >= 15 is 0 Å². The van der Waals surface area contributed by atoms with Gasteiger partial charge in [0.15, 0.2) is 12.4 Å². The van der Waals surface area contributed by atoms with Crippen LogP contribution in [0.1, 0.15) is 0 Å². The summed E-state index contributed by atoms with van der Waals surface area (Å²) in [5.41, 5.74) is 0. The second kappa shape index (κ2) is 3.95. The van der Waals surface area contributed by atoms with E-state index in [4.69, 9.17) is 11.0 Å². The molecule has 0 aromatic heterocycles. The molecule has 0 aromatic carbocycles. The first kappa shape index (κ1) is 9.94. The van der Waals surface area contributed by atoms with Gasteiger partial charge in [-0.15, -0.1) is 6.42 Å². The Kier molecular flexibility index (Phi) is 3.57. The van der Waals surface area contributed by atoms with Crippen molar-refractivity contribution in [3.05, 3.63) is 0 Å². The number of terminal acetylenes is 1. The van der Waals surface area contributed by atoms with Crippen LogP contribution < -0.4 is 0 Å². The molecular weight excluding hydrogens is 172 g/mol. The molecule has 0 saturated heterocycles. The average Bonchev–Trinajstić information content (AvgIpc) is 1.79. The maximum Gasteiger partial charge on any atom is 0.324 e. The molecule has 0 spiro atoms. The van der Waals surface area contributed by atoms with Gasteiger partial charge in [0.25, 0.3) is 10.1 Å². The predicted molar refractivity (Wildman–Crippen MR) is 36.2 cm³/mol. The Hall–Kier alpha value is -1.06. The summed E-state index contributed by atoms with van der Waals surface area (Å²) < 4.78 is 32.3. The number of ether oxygens (including phenoxy) is 1. The minimum atomic E-state index is -4.30. The van der Waals surface area contributed by atoms with E-state index in [2.05, 4.69) is 4.74 Å². The zero-order valence-electron chi connectivity index (χ0n) is 5.48. The normalized spacial score (nSPS) is 10.2. The molecule has 0 bridgehead atoms. The van der Waals surface area contributed by atoms with Gasteiger partial charge >= 0.3 is 5.97 Å². The van der Waals surface area contributed by atoms with Gasteiger partial charge < -0.3 is 4.74 Å². The minimum Gasteiger partial charge on any atom is -0.452 e. The molecule has 0 amide bonds. The van der Waals surface area contributed by atoms with E-state index in [1.165, 1.54) is 0 Å². The molecule has 6 heteroatoms. The summed E-state index contributed by atoms with van der Waals surface area (Å²) in [4.78, 5) is 10.4. The van der Waals surface area contributed by atoms with Crippen molar-refractivity contribution in [2.24, 2.45) is 0 Å². The first-order valence-corrected chi connectivity index (χ1v) is 4.11. The van der Waals surface area contributed by atoms with Crippen molar-refractivity contribution in [2.45, 2.75) is 0 Å². The molecule has 0 aliphatic rings. The summed E-state index contributed by atoms with van der Waals surface area (Å²) in [5, 5.41) is 0. The molecule has 62 valence electrons. The summed E-state index contributed by atoms with van der Waals surface area (Å²) in [6, 6.07) is 0. The van der Waals surface area contributed by atoms with Crippen molar-refractivity contribution in [1.82, 2.24) is 0 Å². The van der Waals surface area contributed by atoms with Crippen molar-refractivity contribution < 1.29 is 22.5 Å². The van der Waals surface area contributed by atoms with Crippen LogP contribution >= 0.6 is 0 Å². The maximum absolute atomic E-state index is 10.4. The number of rotatable bonds is 3. The lowest BCUT2D eigenvalue weighted by atomic mass is 10.7. The van der Waals surface area contributed by atoms with Gasteiger partial charge in [0.2, 0.25) is 0 Å². The molecule has 1 N–H and O–H groups in total. The molecular formula is C5H6O5S.